The molecule has 0 bridgehead atoms. The van der Waals surface area contributed by atoms with Gasteiger partial charge in [0, 0.05) is 6.92 Å². The summed E-state index contributed by atoms with van der Waals surface area (Å²) in [5.41, 5.74) is 0. The molecule has 0 aliphatic heterocycles. The number of rotatable bonds is 6. The minimum Gasteiger partial charge on any atom is -0.324 e. The van der Waals surface area contributed by atoms with Gasteiger partial charge in [-0.25, -0.2) is 0 Å². The molecule has 0 unspecified atom stereocenters. The average Bonchev–Trinajstić information content (AvgIpc) is 2.57. The van der Waals surface area contributed by atoms with E-state index in [1.165, 1.54) is 57.8 Å². The molecule has 0 atom stereocenters. The van der Waals surface area contributed by atoms with Crippen molar-refractivity contribution in [2.45, 2.75) is 128 Å². The molecule has 0 saturated heterocycles. The quantitative estimate of drug-likeness (QED) is 0.586. The Labute approximate surface area is 142 Å². The van der Waals surface area contributed by atoms with Crippen LogP contribution in [0.2, 0.25) is 0 Å². The van der Waals surface area contributed by atoms with E-state index in [9.17, 15) is 0 Å². The van der Waals surface area contributed by atoms with Crippen LogP contribution in [0.4, 0.5) is 0 Å². The van der Waals surface area contributed by atoms with Crippen LogP contribution in [0, 0.1) is 0 Å². The van der Waals surface area contributed by atoms with Crippen LogP contribution in [0.3, 0.4) is 0 Å². The lowest BCUT2D eigenvalue weighted by atomic mass is 9.97. The van der Waals surface area contributed by atoms with Crippen molar-refractivity contribution < 1.29 is 14.2 Å². The third kappa shape index (κ3) is 5.72. The smallest absolute Gasteiger partial charge is 0.280 e. The zero-order valence-electron chi connectivity index (χ0n) is 15.1. The van der Waals surface area contributed by atoms with Crippen LogP contribution in [0.15, 0.2) is 0 Å². The lowest BCUT2D eigenvalue weighted by molar-refractivity contribution is -0.412. The van der Waals surface area contributed by atoms with Crippen LogP contribution < -0.4 is 0 Å². The average molecular weight is 325 g/mol. The van der Waals surface area contributed by atoms with E-state index in [2.05, 4.69) is 0 Å². The van der Waals surface area contributed by atoms with Crippen molar-refractivity contribution in [2.24, 2.45) is 0 Å². The van der Waals surface area contributed by atoms with Gasteiger partial charge in [-0.15, -0.1) is 0 Å². The molecular weight excluding hydrogens is 288 g/mol. The Balaban J connectivity index is 1.59. The summed E-state index contributed by atoms with van der Waals surface area (Å²) < 4.78 is 19.3. The zero-order chi connectivity index (χ0) is 16.0. The van der Waals surface area contributed by atoms with Crippen LogP contribution in [0.25, 0.3) is 0 Å². The van der Waals surface area contributed by atoms with Crippen LogP contribution in [0.1, 0.15) is 103 Å². The van der Waals surface area contributed by atoms with Gasteiger partial charge < -0.3 is 14.2 Å². The Morgan fingerprint density at radius 3 is 1.00 bits per heavy atom. The highest BCUT2D eigenvalue weighted by Gasteiger charge is 2.37. The van der Waals surface area contributed by atoms with E-state index in [1.807, 2.05) is 6.92 Å². The lowest BCUT2D eigenvalue weighted by Gasteiger charge is -2.41. The normalized spacial score (nSPS) is 26.5. The summed E-state index contributed by atoms with van der Waals surface area (Å²) in [4.78, 5) is 0. The molecule has 0 radical (unpaired) electrons. The first-order valence-electron chi connectivity index (χ1n) is 10.3. The van der Waals surface area contributed by atoms with Crippen molar-refractivity contribution in [2.75, 3.05) is 0 Å². The summed E-state index contributed by atoms with van der Waals surface area (Å²) in [6.07, 6.45) is 19.7. The summed E-state index contributed by atoms with van der Waals surface area (Å²) >= 11 is 0. The molecule has 134 valence electrons. The molecule has 3 aliphatic rings. The van der Waals surface area contributed by atoms with Crippen LogP contribution in [-0.2, 0) is 14.2 Å². The first-order valence-corrected chi connectivity index (χ1v) is 10.3. The molecule has 3 aliphatic carbocycles. The first-order chi connectivity index (χ1) is 11.2. The highest BCUT2D eigenvalue weighted by atomic mass is 16.9. The Morgan fingerprint density at radius 2 is 0.739 bits per heavy atom. The van der Waals surface area contributed by atoms with Crippen LogP contribution in [-0.4, -0.2) is 24.3 Å². The van der Waals surface area contributed by atoms with E-state index in [0.29, 0.717) is 18.3 Å². The summed E-state index contributed by atoms with van der Waals surface area (Å²) in [7, 11) is 0. The fourth-order valence-corrected chi connectivity index (χ4v) is 4.54. The third-order valence-corrected chi connectivity index (χ3v) is 5.80. The Morgan fingerprint density at radius 1 is 0.478 bits per heavy atom. The van der Waals surface area contributed by atoms with Gasteiger partial charge in [-0.1, -0.05) is 57.8 Å². The van der Waals surface area contributed by atoms with E-state index in [-0.39, 0.29) is 0 Å². The number of hydrogen-bond acceptors (Lipinski definition) is 3. The highest BCUT2D eigenvalue weighted by Crippen LogP contribution is 2.34. The molecule has 3 nitrogen and oxygen atoms in total. The summed E-state index contributed by atoms with van der Waals surface area (Å²) in [5.74, 6) is -0.827. The summed E-state index contributed by atoms with van der Waals surface area (Å²) in [6.45, 7) is 2.05. The first kappa shape index (κ1) is 17.7. The van der Waals surface area contributed by atoms with E-state index in [0.717, 1.165) is 38.5 Å². The molecular formula is C20H36O3. The van der Waals surface area contributed by atoms with Crippen molar-refractivity contribution in [3.8, 4) is 0 Å². The third-order valence-electron chi connectivity index (χ3n) is 5.80. The molecule has 0 amide bonds. The van der Waals surface area contributed by atoms with Crippen molar-refractivity contribution in [3.63, 3.8) is 0 Å². The van der Waals surface area contributed by atoms with Gasteiger partial charge in [0.2, 0.25) is 0 Å². The minimum absolute atomic E-state index is 0.320. The summed E-state index contributed by atoms with van der Waals surface area (Å²) in [6, 6.07) is 0. The van der Waals surface area contributed by atoms with E-state index >= 15 is 0 Å². The molecule has 0 aromatic rings. The molecule has 3 fully saturated rings. The fraction of sp³-hybridized carbons (Fsp3) is 1.00. The second-order valence-corrected chi connectivity index (χ2v) is 8.00. The maximum atomic E-state index is 6.44. The van der Waals surface area contributed by atoms with Gasteiger partial charge in [0.1, 0.15) is 0 Å². The van der Waals surface area contributed by atoms with Gasteiger partial charge in [0.25, 0.3) is 5.97 Å². The Bertz CT molecular complexity index is 275. The van der Waals surface area contributed by atoms with Gasteiger partial charge in [0.15, 0.2) is 0 Å². The van der Waals surface area contributed by atoms with Gasteiger partial charge >= 0.3 is 0 Å². The van der Waals surface area contributed by atoms with Crippen molar-refractivity contribution in [1.82, 2.24) is 0 Å². The summed E-state index contributed by atoms with van der Waals surface area (Å²) in [5, 5.41) is 0. The standard InChI is InChI=1S/C20H36O3/c1-20(21-17-11-5-2-6-12-17,22-18-13-7-3-8-14-18)23-19-15-9-4-10-16-19/h17-19H,2-16H2,1H3. The topological polar surface area (TPSA) is 27.7 Å². The predicted octanol–water partition coefficient (Wildman–Crippen LogP) is 5.71. The second kappa shape index (κ2) is 8.82. The molecule has 23 heavy (non-hydrogen) atoms. The fourth-order valence-electron chi connectivity index (χ4n) is 4.54. The largest absolute Gasteiger partial charge is 0.324 e. The molecule has 3 rings (SSSR count). The number of ether oxygens (including phenoxy) is 3. The Kier molecular flexibility index (Phi) is 6.79. The molecule has 0 spiro atoms. The van der Waals surface area contributed by atoms with Gasteiger partial charge in [0.05, 0.1) is 18.3 Å². The highest BCUT2D eigenvalue weighted by molar-refractivity contribution is 4.73. The SMILES string of the molecule is CC(OC1CCCCC1)(OC1CCCCC1)OC1CCCCC1. The van der Waals surface area contributed by atoms with Crippen molar-refractivity contribution >= 4 is 0 Å². The van der Waals surface area contributed by atoms with Crippen LogP contribution in [0.5, 0.6) is 0 Å². The van der Waals surface area contributed by atoms with Gasteiger partial charge in [-0.05, 0) is 38.5 Å². The number of hydrogen-bond donors (Lipinski definition) is 0. The van der Waals surface area contributed by atoms with Crippen molar-refractivity contribution in [3.05, 3.63) is 0 Å². The minimum atomic E-state index is -0.827. The van der Waals surface area contributed by atoms with E-state index in [1.54, 1.807) is 0 Å². The van der Waals surface area contributed by atoms with Gasteiger partial charge in [-0.2, -0.15) is 0 Å². The monoisotopic (exact) mass is 324 g/mol. The van der Waals surface area contributed by atoms with E-state index in [4.69, 9.17) is 14.2 Å². The molecule has 0 N–H and O–H groups in total. The predicted molar refractivity (Wildman–Crippen MR) is 92.3 cm³/mol. The van der Waals surface area contributed by atoms with E-state index < -0.39 is 5.97 Å². The Hall–Kier alpha value is -0.120. The maximum Gasteiger partial charge on any atom is 0.280 e. The zero-order valence-corrected chi connectivity index (χ0v) is 15.1. The van der Waals surface area contributed by atoms with Gasteiger partial charge in [-0.3, -0.25) is 0 Å². The molecule has 3 heteroatoms. The molecule has 0 heterocycles. The maximum absolute atomic E-state index is 6.44. The second-order valence-electron chi connectivity index (χ2n) is 8.00. The molecule has 0 aromatic heterocycles. The van der Waals surface area contributed by atoms with Crippen LogP contribution >= 0.6 is 0 Å². The molecule has 3 saturated carbocycles. The van der Waals surface area contributed by atoms with Crippen molar-refractivity contribution in [1.29, 1.82) is 0 Å². The molecule has 0 aromatic carbocycles. The lowest BCUT2D eigenvalue weighted by Crippen LogP contribution is -2.46.